The first-order valence-corrected chi connectivity index (χ1v) is 7.04. The average Bonchev–Trinajstić information content (AvgIpc) is 2.66. The number of benzene rings is 1. The molecule has 0 atom stereocenters. The molecule has 0 N–H and O–H groups in total. The molecule has 0 amide bonds. The third-order valence-corrected chi connectivity index (χ3v) is 3.37. The maximum atomic E-state index is 5.95. The standard InChI is InChI=1S/C15H19ClN2O/c1-4-5-12-6-8-13(9-7-12)19-15-14(10-16)11(2)17-18(15)3/h6-9H,4-5,10H2,1-3H3. The van der Waals surface area contributed by atoms with Crippen molar-refractivity contribution in [1.82, 2.24) is 9.78 Å². The molecular formula is C15H19ClN2O. The third-order valence-electron chi connectivity index (χ3n) is 3.10. The Hall–Kier alpha value is -1.48. The minimum atomic E-state index is 0.406. The summed E-state index contributed by atoms with van der Waals surface area (Å²) >= 11 is 5.95. The highest BCUT2D eigenvalue weighted by molar-refractivity contribution is 6.17. The van der Waals surface area contributed by atoms with E-state index in [0.717, 1.165) is 35.7 Å². The van der Waals surface area contributed by atoms with E-state index >= 15 is 0 Å². The lowest BCUT2D eigenvalue weighted by Crippen LogP contribution is -1.96. The molecule has 0 aliphatic heterocycles. The SMILES string of the molecule is CCCc1ccc(Oc2c(CCl)c(C)nn2C)cc1. The molecule has 2 rings (SSSR count). The van der Waals surface area contributed by atoms with Crippen molar-refractivity contribution in [2.75, 3.05) is 0 Å². The summed E-state index contributed by atoms with van der Waals surface area (Å²) in [6, 6.07) is 8.18. The van der Waals surface area contributed by atoms with E-state index in [9.17, 15) is 0 Å². The Bertz CT molecular complexity index is 546. The van der Waals surface area contributed by atoms with Crippen LogP contribution in [0.4, 0.5) is 0 Å². The first-order valence-electron chi connectivity index (χ1n) is 6.51. The van der Waals surface area contributed by atoms with Gasteiger partial charge in [-0.2, -0.15) is 5.10 Å². The van der Waals surface area contributed by atoms with Gasteiger partial charge in [-0.15, -0.1) is 11.6 Å². The summed E-state index contributed by atoms with van der Waals surface area (Å²) < 4.78 is 7.63. The lowest BCUT2D eigenvalue weighted by Gasteiger charge is -2.08. The van der Waals surface area contributed by atoms with Crippen molar-refractivity contribution in [2.45, 2.75) is 32.6 Å². The van der Waals surface area contributed by atoms with Gasteiger partial charge in [0.2, 0.25) is 5.88 Å². The van der Waals surface area contributed by atoms with E-state index in [1.807, 2.05) is 26.1 Å². The number of ether oxygens (including phenoxy) is 1. The largest absolute Gasteiger partial charge is 0.439 e. The quantitative estimate of drug-likeness (QED) is 0.766. The number of hydrogen-bond donors (Lipinski definition) is 0. The van der Waals surface area contributed by atoms with Gasteiger partial charge in [0.25, 0.3) is 0 Å². The molecule has 0 unspecified atom stereocenters. The molecule has 1 aromatic carbocycles. The van der Waals surface area contributed by atoms with Crippen molar-refractivity contribution in [3.63, 3.8) is 0 Å². The predicted molar refractivity (Wildman–Crippen MR) is 78.0 cm³/mol. The Morgan fingerprint density at radius 3 is 2.53 bits per heavy atom. The number of hydrogen-bond acceptors (Lipinski definition) is 2. The van der Waals surface area contributed by atoms with Crippen molar-refractivity contribution < 1.29 is 4.74 Å². The van der Waals surface area contributed by atoms with Gasteiger partial charge in [0, 0.05) is 7.05 Å². The van der Waals surface area contributed by atoms with E-state index < -0.39 is 0 Å². The Kier molecular flexibility index (Phi) is 4.48. The number of aryl methyl sites for hydroxylation is 3. The molecule has 19 heavy (non-hydrogen) atoms. The molecule has 0 saturated carbocycles. The Balaban J connectivity index is 2.21. The third kappa shape index (κ3) is 3.10. The molecule has 0 fully saturated rings. The minimum Gasteiger partial charge on any atom is -0.439 e. The fourth-order valence-corrected chi connectivity index (χ4v) is 2.39. The van der Waals surface area contributed by atoms with Crippen LogP contribution < -0.4 is 4.74 Å². The van der Waals surface area contributed by atoms with Gasteiger partial charge in [-0.3, -0.25) is 0 Å². The van der Waals surface area contributed by atoms with Crippen LogP contribution in [0.15, 0.2) is 24.3 Å². The van der Waals surface area contributed by atoms with Crippen LogP contribution >= 0.6 is 11.6 Å². The topological polar surface area (TPSA) is 27.1 Å². The average molecular weight is 279 g/mol. The van der Waals surface area contributed by atoms with Crippen molar-refractivity contribution in [1.29, 1.82) is 0 Å². The zero-order chi connectivity index (χ0) is 13.8. The highest BCUT2D eigenvalue weighted by Crippen LogP contribution is 2.28. The lowest BCUT2D eigenvalue weighted by molar-refractivity contribution is 0.427. The van der Waals surface area contributed by atoms with E-state index in [1.54, 1.807) is 4.68 Å². The summed E-state index contributed by atoms with van der Waals surface area (Å²) in [5.41, 5.74) is 3.19. The van der Waals surface area contributed by atoms with Crippen LogP contribution in [0.3, 0.4) is 0 Å². The van der Waals surface area contributed by atoms with Gasteiger partial charge >= 0.3 is 0 Å². The maximum absolute atomic E-state index is 5.95. The molecule has 0 bridgehead atoms. The van der Waals surface area contributed by atoms with Crippen molar-refractivity contribution in [3.05, 3.63) is 41.1 Å². The van der Waals surface area contributed by atoms with Crippen LogP contribution in [-0.4, -0.2) is 9.78 Å². The number of nitrogens with zero attached hydrogens (tertiary/aromatic N) is 2. The zero-order valence-electron chi connectivity index (χ0n) is 11.6. The molecule has 0 aliphatic rings. The Morgan fingerprint density at radius 2 is 1.95 bits per heavy atom. The van der Waals surface area contributed by atoms with Crippen LogP contribution in [0.2, 0.25) is 0 Å². The van der Waals surface area contributed by atoms with E-state index in [4.69, 9.17) is 16.3 Å². The first-order chi connectivity index (χ1) is 9.15. The van der Waals surface area contributed by atoms with Crippen LogP contribution in [-0.2, 0) is 19.3 Å². The van der Waals surface area contributed by atoms with Crippen molar-refractivity contribution in [2.24, 2.45) is 7.05 Å². The number of rotatable bonds is 5. The van der Waals surface area contributed by atoms with Gasteiger partial charge in [0.15, 0.2) is 0 Å². The molecule has 1 heterocycles. The summed E-state index contributed by atoms with van der Waals surface area (Å²) in [5, 5.41) is 4.33. The predicted octanol–water partition coefficient (Wildman–Crippen LogP) is 4.21. The number of halogens is 1. The smallest absolute Gasteiger partial charge is 0.222 e. The molecule has 0 saturated heterocycles. The lowest BCUT2D eigenvalue weighted by atomic mass is 10.1. The molecule has 2 aromatic rings. The van der Waals surface area contributed by atoms with E-state index in [2.05, 4.69) is 24.2 Å². The van der Waals surface area contributed by atoms with Gasteiger partial charge in [-0.25, -0.2) is 4.68 Å². The van der Waals surface area contributed by atoms with Gasteiger partial charge < -0.3 is 4.74 Å². The number of aromatic nitrogens is 2. The molecule has 0 radical (unpaired) electrons. The minimum absolute atomic E-state index is 0.406. The molecule has 1 aromatic heterocycles. The van der Waals surface area contributed by atoms with E-state index in [-0.39, 0.29) is 0 Å². The van der Waals surface area contributed by atoms with Gasteiger partial charge in [-0.05, 0) is 31.0 Å². The number of alkyl halides is 1. The second-order valence-corrected chi connectivity index (χ2v) is 4.89. The van der Waals surface area contributed by atoms with Crippen molar-refractivity contribution >= 4 is 11.6 Å². The fraction of sp³-hybridized carbons (Fsp3) is 0.400. The maximum Gasteiger partial charge on any atom is 0.222 e. The summed E-state index contributed by atoms with van der Waals surface area (Å²) in [6.07, 6.45) is 2.25. The summed E-state index contributed by atoms with van der Waals surface area (Å²) in [7, 11) is 1.86. The van der Waals surface area contributed by atoms with Gasteiger partial charge in [-0.1, -0.05) is 25.5 Å². The Labute approximate surface area is 119 Å². The van der Waals surface area contributed by atoms with Crippen LogP contribution in [0, 0.1) is 6.92 Å². The summed E-state index contributed by atoms with van der Waals surface area (Å²) in [5.74, 6) is 1.94. The zero-order valence-corrected chi connectivity index (χ0v) is 12.4. The molecule has 102 valence electrons. The second kappa shape index (κ2) is 6.11. The molecule has 4 heteroatoms. The van der Waals surface area contributed by atoms with Gasteiger partial charge in [0.1, 0.15) is 5.75 Å². The van der Waals surface area contributed by atoms with Crippen molar-refractivity contribution in [3.8, 4) is 11.6 Å². The highest BCUT2D eigenvalue weighted by atomic mass is 35.5. The summed E-state index contributed by atoms with van der Waals surface area (Å²) in [4.78, 5) is 0. The molecular weight excluding hydrogens is 260 g/mol. The normalized spacial score (nSPS) is 10.7. The Morgan fingerprint density at radius 1 is 1.26 bits per heavy atom. The second-order valence-electron chi connectivity index (χ2n) is 4.62. The summed E-state index contributed by atoms with van der Waals surface area (Å²) in [6.45, 7) is 4.12. The molecule has 0 spiro atoms. The first kappa shape index (κ1) is 13.9. The van der Waals surface area contributed by atoms with Crippen LogP contribution in [0.25, 0.3) is 0 Å². The monoisotopic (exact) mass is 278 g/mol. The highest BCUT2D eigenvalue weighted by Gasteiger charge is 2.14. The molecule has 3 nitrogen and oxygen atoms in total. The van der Waals surface area contributed by atoms with E-state index in [1.165, 1.54) is 5.56 Å². The van der Waals surface area contributed by atoms with Crippen LogP contribution in [0.1, 0.15) is 30.2 Å². The fourth-order valence-electron chi connectivity index (χ4n) is 2.09. The molecule has 0 aliphatic carbocycles. The van der Waals surface area contributed by atoms with Crippen LogP contribution in [0.5, 0.6) is 11.6 Å². The van der Waals surface area contributed by atoms with Gasteiger partial charge in [0.05, 0.1) is 17.1 Å². The van der Waals surface area contributed by atoms with E-state index in [0.29, 0.717) is 5.88 Å².